The van der Waals surface area contributed by atoms with Gasteiger partial charge in [-0.15, -0.1) is 0 Å². The van der Waals surface area contributed by atoms with Crippen molar-refractivity contribution in [1.29, 1.82) is 0 Å². The van der Waals surface area contributed by atoms with Crippen LogP contribution >= 0.6 is 0 Å². The summed E-state index contributed by atoms with van der Waals surface area (Å²) in [5, 5.41) is -0.616. The number of hydrogen-bond donors (Lipinski definition) is 2. The van der Waals surface area contributed by atoms with Gasteiger partial charge in [0.05, 0.1) is 5.52 Å². The molecule has 0 amide bonds. The van der Waals surface area contributed by atoms with Crippen molar-refractivity contribution in [3.8, 4) is 0 Å². The van der Waals surface area contributed by atoms with Gasteiger partial charge in [-0.1, -0.05) is 133 Å². The number of rotatable bonds is 20. The average molecular weight is 607 g/mol. The molecule has 10 heteroatoms. The van der Waals surface area contributed by atoms with E-state index >= 15 is 0 Å². The van der Waals surface area contributed by atoms with Gasteiger partial charge in [0.25, 0.3) is 15.3 Å². The average Bonchev–Trinajstić information content (AvgIpc) is 3.33. The lowest BCUT2D eigenvalue weighted by Crippen LogP contribution is -2.18. The van der Waals surface area contributed by atoms with E-state index in [-0.39, 0.29) is 11.0 Å². The molecule has 0 radical (unpaired) electrons. The summed E-state index contributed by atoms with van der Waals surface area (Å²) in [5.74, 6) is 0. The van der Waals surface area contributed by atoms with Gasteiger partial charge < -0.3 is 4.57 Å². The fraction of sp³-hybridized carbons (Fsp3) is 0.581. The van der Waals surface area contributed by atoms with Crippen LogP contribution in [0.1, 0.15) is 115 Å². The topological polar surface area (TPSA) is 127 Å². The molecular formula is C31H46N2O6S2. The summed E-state index contributed by atoms with van der Waals surface area (Å²) in [7, 11) is -9.44. The zero-order valence-electron chi connectivity index (χ0n) is 24.2. The Morgan fingerprint density at radius 1 is 0.683 bits per heavy atom. The third-order valence-corrected chi connectivity index (χ3v) is 9.36. The molecule has 0 aliphatic rings. The third-order valence-electron chi connectivity index (χ3n) is 7.73. The highest BCUT2D eigenvalue weighted by atomic mass is 32.2. The number of imidazole rings is 1. The van der Waals surface area contributed by atoms with Gasteiger partial charge in [-0.3, -0.25) is 9.11 Å². The van der Waals surface area contributed by atoms with Crippen molar-refractivity contribution in [1.82, 2.24) is 9.55 Å². The summed E-state index contributed by atoms with van der Waals surface area (Å²) < 4.78 is 70.0. The van der Waals surface area contributed by atoms with Gasteiger partial charge in [0.2, 0.25) is 0 Å². The Morgan fingerprint density at radius 2 is 1.22 bits per heavy atom. The van der Waals surface area contributed by atoms with E-state index in [0.717, 1.165) is 24.8 Å². The van der Waals surface area contributed by atoms with Crippen molar-refractivity contribution >= 4 is 31.3 Å². The molecule has 1 atom stereocenters. The molecule has 0 aliphatic heterocycles. The van der Waals surface area contributed by atoms with Gasteiger partial charge in [0.15, 0.2) is 0 Å². The predicted octanol–water partition coefficient (Wildman–Crippen LogP) is 8.18. The highest BCUT2D eigenvalue weighted by Crippen LogP contribution is 2.32. The fourth-order valence-electron chi connectivity index (χ4n) is 5.60. The van der Waals surface area contributed by atoms with E-state index in [1.807, 2.05) is 30.3 Å². The number of hydrogen-bond acceptors (Lipinski definition) is 5. The lowest BCUT2D eigenvalue weighted by atomic mass is 9.99. The Morgan fingerprint density at radius 3 is 1.73 bits per heavy atom. The number of aromatic nitrogens is 2. The Labute approximate surface area is 246 Å². The van der Waals surface area contributed by atoms with Crippen LogP contribution in [-0.2, 0) is 26.7 Å². The van der Waals surface area contributed by atoms with E-state index in [1.165, 1.54) is 87.3 Å². The van der Waals surface area contributed by atoms with E-state index in [4.69, 9.17) is 0 Å². The lowest BCUT2D eigenvalue weighted by molar-refractivity contribution is 0.400. The zero-order chi connectivity index (χ0) is 29.7. The predicted molar refractivity (Wildman–Crippen MR) is 163 cm³/mol. The van der Waals surface area contributed by atoms with Gasteiger partial charge in [-0.25, -0.2) is 4.98 Å². The number of fused-ring (bicyclic) bond motifs is 1. The third kappa shape index (κ3) is 10.5. The summed E-state index contributed by atoms with van der Waals surface area (Å²) in [6.45, 7) is 2.24. The molecule has 0 bridgehead atoms. The summed E-state index contributed by atoms with van der Waals surface area (Å²) in [6.07, 6.45) is 18.4. The van der Waals surface area contributed by atoms with Crippen LogP contribution in [0.2, 0.25) is 0 Å². The summed E-state index contributed by atoms with van der Waals surface area (Å²) in [5.41, 5.74) is 1.04. The number of unbranched alkanes of at least 4 members (excludes halogenated alkanes) is 13. The van der Waals surface area contributed by atoms with Crippen molar-refractivity contribution < 1.29 is 25.9 Å². The second-order valence-corrected chi connectivity index (χ2v) is 13.8. The Kier molecular flexibility index (Phi) is 13.3. The second-order valence-electron chi connectivity index (χ2n) is 11.1. The molecule has 41 heavy (non-hydrogen) atoms. The van der Waals surface area contributed by atoms with Gasteiger partial charge in [0, 0.05) is 6.04 Å². The van der Waals surface area contributed by atoms with E-state index < -0.39 is 36.3 Å². The van der Waals surface area contributed by atoms with Crippen molar-refractivity contribution in [2.24, 2.45) is 0 Å². The van der Waals surface area contributed by atoms with Crippen LogP contribution in [0, 0.1) is 0 Å². The normalized spacial score (nSPS) is 13.1. The first-order valence-electron chi connectivity index (χ1n) is 15.1. The first-order chi connectivity index (χ1) is 19.6. The highest BCUT2D eigenvalue weighted by molar-refractivity contribution is 7.86. The minimum absolute atomic E-state index is 0.179. The van der Waals surface area contributed by atoms with Crippen molar-refractivity contribution in [3.63, 3.8) is 0 Å². The van der Waals surface area contributed by atoms with Crippen molar-refractivity contribution in [3.05, 3.63) is 54.1 Å². The van der Waals surface area contributed by atoms with Crippen LogP contribution in [0.15, 0.2) is 58.6 Å². The maximum Gasteiger partial charge on any atom is 0.328 e. The molecule has 0 spiro atoms. The molecule has 3 aromatic rings. The van der Waals surface area contributed by atoms with Crippen LogP contribution in [0.3, 0.4) is 0 Å². The summed E-state index contributed by atoms with van der Waals surface area (Å²) in [6, 6.07) is 13.4. The van der Waals surface area contributed by atoms with E-state index in [0.29, 0.717) is 12.8 Å². The molecule has 0 fully saturated rings. The number of nitrogens with zero attached hydrogens (tertiary/aromatic N) is 2. The first-order valence-corrected chi connectivity index (χ1v) is 18.0. The smallest absolute Gasteiger partial charge is 0.309 e. The van der Waals surface area contributed by atoms with Crippen LogP contribution in [0.4, 0.5) is 0 Å². The Bertz CT molecular complexity index is 1420. The van der Waals surface area contributed by atoms with E-state index in [2.05, 4.69) is 11.9 Å². The van der Waals surface area contributed by atoms with Gasteiger partial charge >= 0.3 is 10.1 Å². The molecular weight excluding hydrogens is 560 g/mol. The standard InChI is InChI=1S/C31H46N2O6S2/c1-2-3-4-5-6-7-8-9-10-11-12-13-14-18-22-27(25-26-20-16-15-17-21-26)33-28-23-19-24-29(40(34,35)36)30(28)32-31(33)41(37,38)39/h15-17,19-21,23-24,27H,2-14,18,22,25H2,1H3,(H,34,35,36)(H,37,38,39). The molecule has 3 rings (SSSR count). The fourth-order valence-corrected chi connectivity index (χ4v) is 6.94. The molecule has 2 N–H and O–H groups in total. The molecule has 0 saturated carbocycles. The van der Waals surface area contributed by atoms with Crippen LogP contribution in [0.5, 0.6) is 0 Å². The van der Waals surface area contributed by atoms with E-state index in [9.17, 15) is 25.9 Å². The SMILES string of the molecule is CCCCCCCCCCCCCCCCC(Cc1ccccc1)n1c(S(=O)(=O)O)nc2c(S(=O)(=O)O)cccc21. The summed E-state index contributed by atoms with van der Waals surface area (Å²) >= 11 is 0. The van der Waals surface area contributed by atoms with Gasteiger partial charge in [-0.2, -0.15) is 16.8 Å². The minimum Gasteiger partial charge on any atom is -0.309 e. The Balaban J connectivity index is 1.64. The Hall–Kier alpha value is -2.27. The maximum absolute atomic E-state index is 12.4. The van der Waals surface area contributed by atoms with E-state index in [1.54, 1.807) is 6.07 Å². The molecule has 1 unspecified atom stereocenters. The molecule has 2 aromatic carbocycles. The van der Waals surface area contributed by atoms with Gasteiger partial charge in [-0.05, 0) is 30.5 Å². The number of para-hydroxylation sites is 1. The molecule has 1 heterocycles. The molecule has 8 nitrogen and oxygen atoms in total. The second kappa shape index (κ2) is 16.4. The molecule has 0 saturated heterocycles. The van der Waals surface area contributed by atoms with Crippen molar-refractivity contribution in [2.75, 3.05) is 0 Å². The summed E-state index contributed by atoms with van der Waals surface area (Å²) in [4.78, 5) is 3.52. The highest BCUT2D eigenvalue weighted by Gasteiger charge is 2.29. The zero-order valence-corrected chi connectivity index (χ0v) is 25.9. The largest absolute Gasteiger partial charge is 0.328 e. The minimum atomic E-state index is -4.78. The van der Waals surface area contributed by atoms with Crippen molar-refractivity contribution in [2.45, 2.75) is 126 Å². The molecule has 1 aromatic heterocycles. The first kappa shape index (κ1) is 33.2. The molecule has 228 valence electrons. The van der Waals surface area contributed by atoms with Gasteiger partial charge in [0.1, 0.15) is 10.4 Å². The number of benzene rings is 2. The maximum atomic E-state index is 12.4. The monoisotopic (exact) mass is 606 g/mol. The lowest BCUT2D eigenvalue weighted by Gasteiger charge is -2.21. The molecule has 0 aliphatic carbocycles. The van der Waals surface area contributed by atoms with Crippen LogP contribution < -0.4 is 0 Å². The van der Waals surface area contributed by atoms with Crippen LogP contribution in [-0.4, -0.2) is 35.5 Å². The quantitative estimate of drug-likeness (QED) is 0.0980. The van der Waals surface area contributed by atoms with Crippen LogP contribution in [0.25, 0.3) is 11.0 Å².